The third-order valence-corrected chi connectivity index (χ3v) is 2.89. The molecule has 1 aromatic heterocycles. The molecule has 1 aliphatic heterocycles. The van der Waals surface area contributed by atoms with Gasteiger partial charge in [0.05, 0.1) is 18.8 Å². The van der Waals surface area contributed by atoms with Crippen molar-refractivity contribution in [3.05, 3.63) is 37.5 Å². The van der Waals surface area contributed by atoms with E-state index >= 15 is 0 Å². The summed E-state index contributed by atoms with van der Waals surface area (Å²) >= 11 is 0. The molecule has 0 bridgehead atoms. The Morgan fingerprint density at radius 1 is 1.65 bits per heavy atom. The highest BCUT2D eigenvalue weighted by Crippen LogP contribution is 2.29. The molecule has 10 nitrogen and oxygen atoms in total. The molecule has 11 heteroatoms. The second kappa shape index (κ2) is 6.44. The number of anilines is 1. The molecule has 1 unspecified atom stereocenters. The van der Waals surface area contributed by atoms with Gasteiger partial charge in [-0.15, -0.1) is 12.4 Å². The predicted octanol–water partition coefficient (Wildman–Crippen LogP) is -0.501. The Morgan fingerprint density at radius 3 is 2.95 bits per heavy atom. The molecule has 0 saturated carbocycles. The SMILES string of the molecule is Cl.[N-]=[N+]=NC1C[C@H](n2cc(N)c(=O)[nH]c2=O)O[C@@H]1CO. The molecular formula is C9H13ClN6O4. The first-order valence-corrected chi connectivity index (χ1v) is 5.48. The number of aliphatic hydroxyl groups is 1. The number of hydrogen-bond acceptors (Lipinski definition) is 6. The Hall–Kier alpha value is -2.00. The lowest BCUT2D eigenvalue weighted by atomic mass is 10.1. The maximum Gasteiger partial charge on any atom is 0.330 e. The number of hydrogen-bond donors (Lipinski definition) is 3. The third-order valence-electron chi connectivity index (χ3n) is 2.89. The molecule has 1 aromatic rings. The minimum absolute atomic E-state index is 0. The summed E-state index contributed by atoms with van der Waals surface area (Å²) in [5, 5.41) is 12.6. The van der Waals surface area contributed by atoms with Gasteiger partial charge in [-0.3, -0.25) is 14.3 Å². The van der Waals surface area contributed by atoms with Crippen molar-refractivity contribution in [2.75, 3.05) is 12.3 Å². The summed E-state index contributed by atoms with van der Waals surface area (Å²) in [6.45, 7) is -0.340. The zero-order valence-electron chi connectivity index (χ0n) is 10.2. The number of azide groups is 1. The molecule has 110 valence electrons. The van der Waals surface area contributed by atoms with Gasteiger partial charge < -0.3 is 15.6 Å². The summed E-state index contributed by atoms with van der Waals surface area (Å²) in [6.07, 6.45) is -0.0698. The Bertz CT molecular complexity index is 636. The highest BCUT2D eigenvalue weighted by molar-refractivity contribution is 5.85. The Morgan fingerprint density at radius 2 is 2.35 bits per heavy atom. The minimum Gasteiger partial charge on any atom is -0.394 e. The Balaban J connectivity index is 0.00000200. The summed E-state index contributed by atoms with van der Waals surface area (Å²) in [4.78, 5) is 27.5. The first-order valence-electron chi connectivity index (χ1n) is 5.48. The van der Waals surface area contributed by atoms with Crippen molar-refractivity contribution in [3.63, 3.8) is 0 Å². The second-order valence-electron chi connectivity index (χ2n) is 4.07. The van der Waals surface area contributed by atoms with Gasteiger partial charge in [-0.1, -0.05) is 5.11 Å². The van der Waals surface area contributed by atoms with Crippen molar-refractivity contribution in [2.45, 2.75) is 24.8 Å². The lowest BCUT2D eigenvalue weighted by Crippen LogP contribution is -2.33. The van der Waals surface area contributed by atoms with Gasteiger partial charge in [-0.25, -0.2) is 4.79 Å². The number of nitrogen functional groups attached to an aromatic ring is 1. The maximum atomic E-state index is 11.6. The van der Waals surface area contributed by atoms with Gasteiger partial charge in [0.25, 0.3) is 5.56 Å². The van der Waals surface area contributed by atoms with E-state index in [4.69, 9.17) is 21.1 Å². The molecule has 0 radical (unpaired) electrons. The van der Waals surface area contributed by atoms with Crippen molar-refractivity contribution in [3.8, 4) is 0 Å². The number of H-pyrrole nitrogens is 1. The second-order valence-corrected chi connectivity index (χ2v) is 4.07. The van der Waals surface area contributed by atoms with Crippen molar-refractivity contribution in [1.29, 1.82) is 0 Å². The quantitative estimate of drug-likeness (QED) is 0.389. The van der Waals surface area contributed by atoms with Gasteiger partial charge in [0.15, 0.2) is 0 Å². The Labute approximate surface area is 118 Å². The number of aromatic nitrogens is 2. The third kappa shape index (κ3) is 2.94. The van der Waals surface area contributed by atoms with E-state index in [0.29, 0.717) is 0 Å². The lowest BCUT2D eigenvalue weighted by molar-refractivity contribution is -0.0269. The van der Waals surface area contributed by atoms with Gasteiger partial charge in [0.2, 0.25) is 0 Å². The van der Waals surface area contributed by atoms with Gasteiger partial charge in [-0.05, 0) is 5.53 Å². The van der Waals surface area contributed by atoms with Crippen LogP contribution in [-0.2, 0) is 4.74 Å². The fourth-order valence-electron chi connectivity index (χ4n) is 1.95. The minimum atomic E-state index is -0.751. The molecule has 4 N–H and O–H groups in total. The van der Waals surface area contributed by atoms with Gasteiger partial charge in [0, 0.05) is 17.5 Å². The van der Waals surface area contributed by atoms with Crippen LogP contribution in [-0.4, -0.2) is 33.4 Å². The standard InChI is InChI=1S/C9H12N6O4.ClH/c10-4-2-15(9(18)12-8(4)17)7-1-5(13-14-11)6(3-16)19-7;/h2,5-7,16H,1,3,10H2,(H,12,17,18);1H/t5?,6-,7-;/m1./s1. The van der Waals surface area contributed by atoms with E-state index in [0.717, 1.165) is 4.57 Å². The highest BCUT2D eigenvalue weighted by Gasteiger charge is 2.35. The summed E-state index contributed by atoms with van der Waals surface area (Å²) in [6, 6.07) is -0.583. The molecule has 0 amide bonds. The zero-order valence-corrected chi connectivity index (χ0v) is 11.0. The van der Waals surface area contributed by atoms with Gasteiger partial charge in [-0.2, -0.15) is 0 Å². The average Bonchev–Trinajstić information content (AvgIpc) is 2.77. The molecule has 1 saturated heterocycles. The van der Waals surface area contributed by atoms with Crippen molar-refractivity contribution >= 4 is 18.1 Å². The van der Waals surface area contributed by atoms with Crippen LogP contribution in [0.3, 0.4) is 0 Å². The fraction of sp³-hybridized carbons (Fsp3) is 0.556. The van der Waals surface area contributed by atoms with Crippen LogP contribution in [0.2, 0.25) is 0 Å². The van der Waals surface area contributed by atoms with E-state index in [2.05, 4.69) is 10.0 Å². The van der Waals surface area contributed by atoms with E-state index in [1.165, 1.54) is 6.20 Å². The van der Waals surface area contributed by atoms with E-state index in [1.54, 1.807) is 0 Å². The summed E-state index contributed by atoms with van der Waals surface area (Å²) in [5.41, 5.74) is 12.4. The number of nitrogens with one attached hydrogen (secondary N) is 1. The monoisotopic (exact) mass is 304 g/mol. The van der Waals surface area contributed by atoms with Crippen LogP contribution in [0.1, 0.15) is 12.6 Å². The number of ether oxygens (including phenoxy) is 1. The number of aliphatic hydroxyl groups excluding tert-OH is 1. The zero-order chi connectivity index (χ0) is 14.0. The average molecular weight is 305 g/mol. The van der Waals surface area contributed by atoms with Crippen LogP contribution >= 0.6 is 12.4 Å². The first-order chi connectivity index (χ1) is 9.06. The number of aromatic amines is 1. The van der Waals surface area contributed by atoms with Crippen molar-refractivity contribution < 1.29 is 9.84 Å². The van der Waals surface area contributed by atoms with Crippen LogP contribution in [0.25, 0.3) is 10.4 Å². The molecule has 3 atom stereocenters. The van der Waals surface area contributed by atoms with Gasteiger partial charge >= 0.3 is 5.69 Å². The predicted molar refractivity (Wildman–Crippen MR) is 71.5 cm³/mol. The van der Waals surface area contributed by atoms with E-state index in [1.807, 2.05) is 4.98 Å². The topological polar surface area (TPSA) is 159 Å². The molecule has 0 spiro atoms. The number of halogens is 1. The molecule has 2 rings (SSSR count). The normalized spacial score (nSPS) is 24.8. The van der Waals surface area contributed by atoms with Crippen LogP contribution in [0, 0.1) is 0 Å². The van der Waals surface area contributed by atoms with E-state index in [-0.39, 0.29) is 31.1 Å². The van der Waals surface area contributed by atoms with Crippen LogP contribution in [0.4, 0.5) is 5.69 Å². The Kier molecular flexibility index (Phi) is 5.17. The smallest absolute Gasteiger partial charge is 0.330 e. The molecular weight excluding hydrogens is 292 g/mol. The van der Waals surface area contributed by atoms with E-state index < -0.39 is 29.6 Å². The highest BCUT2D eigenvalue weighted by atomic mass is 35.5. The van der Waals surface area contributed by atoms with Crippen molar-refractivity contribution in [1.82, 2.24) is 9.55 Å². The van der Waals surface area contributed by atoms with Gasteiger partial charge in [0.1, 0.15) is 11.9 Å². The summed E-state index contributed by atoms with van der Waals surface area (Å²) in [5.74, 6) is 0. The molecule has 1 fully saturated rings. The largest absolute Gasteiger partial charge is 0.394 e. The first kappa shape index (κ1) is 16.1. The van der Waals surface area contributed by atoms with Crippen LogP contribution in [0.15, 0.2) is 20.9 Å². The molecule has 1 aliphatic rings. The molecule has 20 heavy (non-hydrogen) atoms. The lowest BCUT2D eigenvalue weighted by Gasteiger charge is -2.14. The van der Waals surface area contributed by atoms with Crippen LogP contribution < -0.4 is 17.0 Å². The molecule has 2 heterocycles. The van der Waals surface area contributed by atoms with Crippen LogP contribution in [0.5, 0.6) is 0 Å². The summed E-state index contributed by atoms with van der Waals surface area (Å²) < 4.78 is 6.51. The van der Waals surface area contributed by atoms with E-state index in [9.17, 15) is 9.59 Å². The molecule has 0 aliphatic carbocycles. The molecule has 0 aromatic carbocycles. The number of nitrogens with zero attached hydrogens (tertiary/aromatic N) is 4. The number of rotatable bonds is 3. The van der Waals surface area contributed by atoms with Crippen molar-refractivity contribution in [2.24, 2.45) is 5.11 Å². The maximum absolute atomic E-state index is 11.6. The fourth-order valence-corrected chi connectivity index (χ4v) is 1.95. The number of nitrogens with two attached hydrogens (primary N) is 1. The summed E-state index contributed by atoms with van der Waals surface area (Å²) in [7, 11) is 0.